The maximum atomic E-state index is 12.9. The van der Waals surface area contributed by atoms with Gasteiger partial charge in [0, 0.05) is 22.4 Å². The molecule has 1 amide bonds. The minimum absolute atomic E-state index is 0.0836. The van der Waals surface area contributed by atoms with E-state index in [1.54, 1.807) is 6.07 Å². The number of fused-ring (bicyclic) bond motifs is 1. The van der Waals surface area contributed by atoms with Crippen LogP contribution >= 0.6 is 15.9 Å². The molecule has 1 aliphatic heterocycles. The number of amides is 1. The third-order valence-corrected chi connectivity index (χ3v) is 3.09. The van der Waals surface area contributed by atoms with Gasteiger partial charge in [-0.1, -0.05) is 0 Å². The van der Waals surface area contributed by atoms with Gasteiger partial charge < -0.3 is 14.8 Å². The number of rotatable bonds is 2. The van der Waals surface area contributed by atoms with E-state index in [0.717, 1.165) is 4.47 Å². The van der Waals surface area contributed by atoms with Gasteiger partial charge in [-0.3, -0.25) is 4.79 Å². The van der Waals surface area contributed by atoms with Gasteiger partial charge in [-0.05, 0) is 40.2 Å². The maximum Gasteiger partial charge on any atom is 0.586 e. The van der Waals surface area contributed by atoms with Crippen LogP contribution in [0.4, 0.5) is 14.5 Å². The zero-order valence-electron chi connectivity index (χ0n) is 10.3. The van der Waals surface area contributed by atoms with Crippen molar-refractivity contribution >= 4 is 27.5 Å². The van der Waals surface area contributed by atoms with Crippen molar-refractivity contribution in [2.75, 3.05) is 5.32 Å². The average molecular weight is 357 g/mol. The Morgan fingerprint density at radius 3 is 2.67 bits per heavy atom. The molecule has 1 aromatic heterocycles. The van der Waals surface area contributed by atoms with Crippen LogP contribution in [-0.2, 0) is 0 Å². The normalized spacial score (nSPS) is 14.8. The van der Waals surface area contributed by atoms with Crippen LogP contribution < -0.4 is 14.8 Å². The molecule has 0 spiro atoms. The van der Waals surface area contributed by atoms with Gasteiger partial charge >= 0.3 is 6.29 Å². The van der Waals surface area contributed by atoms with E-state index in [-0.39, 0.29) is 17.2 Å². The van der Waals surface area contributed by atoms with Crippen LogP contribution in [0.2, 0.25) is 0 Å². The molecule has 8 heteroatoms. The number of hydrogen-bond donors (Lipinski definition) is 1. The van der Waals surface area contributed by atoms with E-state index < -0.39 is 12.2 Å². The van der Waals surface area contributed by atoms with Gasteiger partial charge in [-0.25, -0.2) is 4.98 Å². The molecule has 0 aliphatic carbocycles. The predicted molar refractivity (Wildman–Crippen MR) is 72.5 cm³/mol. The van der Waals surface area contributed by atoms with Crippen LogP contribution in [0.15, 0.2) is 41.0 Å². The number of alkyl halides is 2. The number of nitrogens with one attached hydrogen (secondary N) is 1. The van der Waals surface area contributed by atoms with E-state index in [1.165, 1.54) is 30.5 Å². The summed E-state index contributed by atoms with van der Waals surface area (Å²) in [5.41, 5.74) is 0.492. The Hall–Kier alpha value is -2.22. The molecule has 0 bridgehead atoms. The van der Waals surface area contributed by atoms with Crippen molar-refractivity contribution in [2.24, 2.45) is 0 Å². The largest absolute Gasteiger partial charge is 0.586 e. The molecule has 0 atom stereocenters. The summed E-state index contributed by atoms with van der Waals surface area (Å²) in [6, 6.07) is 7.18. The molecule has 0 saturated heterocycles. The lowest BCUT2D eigenvalue weighted by molar-refractivity contribution is -0.286. The second-order valence-corrected chi connectivity index (χ2v) is 5.06. The Bertz CT molecular complexity index is 707. The third kappa shape index (κ3) is 2.94. The highest BCUT2D eigenvalue weighted by Crippen LogP contribution is 2.42. The third-order valence-electron chi connectivity index (χ3n) is 2.62. The van der Waals surface area contributed by atoms with Crippen LogP contribution in [0.3, 0.4) is 0 Å². The SMILES string of the molecule is O=C(Nc1ccc2c(c1)OC(F)(F)O2)c1ccc(Br)cn1. The highest BCUT2D eigenvalue weighted by molar-refractivity contribution is 9.10. The second kappa shape index (κ2) is 4.96. The molecule has 3 rings (SSSR count). The molecule has 0 unspecified atom stereocenters. The monoisotopic (exact) mass is 356 g/mol. The number of hydrogen-bond acceptors (Lipinski definition) is 4. The second-order valence-electron chi connectivity index (χ2n) is 4.14. The summed E-state index contributed by atoms with van der Waals surface area (Å²) in [5, 5.41) is 2.54. The lowest BCUT2D eigenvalue weighted by Gasteiger charge is -2.05. The Labute approximate surface area is 126 Å². The molecule has 108 valence electrons. The Kier molecular flexibility index (Phi) is 3.25. The molecule has 5 nitrogen and oxygen atoms in total. The van der Waals surface area contributed by atoms with E-state index >= 15 is 0 Å². The Morgan fingerprint density at radius 2 is 1.95 bits per heavy atom. The smallest absolute Gasteiger partial charge is 0.395 e. The maximum absolute atomic E-state index is 12.9. The summed E-state index contributed by atoms with van der Waals surface area (Å²) in [4.78, 5) is 15.9. The van der Waals surface area contributed by atoms with Crippen molar-refractivity contribution in [3.05, 3.63) is 46.7 Å². The minimum Gasteiger partial charge on any atom is -0.395 e. The molecule has 1 aromatic carbocycles. The summed E-state index contributed by atoms with van der Waals surface area (Å²) in [6.45, 7) is 0. The number of halogens is 3. The van der Waals surface area contributed by atoms with Gasteiger partial charge in [-0.15, -0.1) is 8.78 Å². The fourth-order valence-electron chi connectivity index (χ4n) is 1.73. The van der Waals surface area contributed by atoms with Crippen molar-refractivity contribution in [1.29, 1.82) is 0 Å². The first-order chi connectivity index (χ1) is 9.93. The number of benzene rings is 1. The van der Waals surface area contributed by atoms with Crippen LogP contribution in [0, 0.1) is 0 Å². The molecular formula is C13H7BrF2N2O3. The van der Waals surface area contributed by atoms with Crippen LogP contribution in [-0.4, -0.2) is 17.2 Å². The molecule has 2 aromatic rings. The lowest BCUT2D eigenvalue weighted by Crippen LogP contribution is -2.25. The molecule has 1 N–H and O–H groups in total. The summed E-state index contributed by atoms with van der Waals surface area (Å²) in [6.07, 6.45) is -2.20. The zero-order chi connectivity index (χ0) is 15.0. The number of carbonyl (C=O) groups is 1. The molecule has 0 radical (unpaired) electrons. The fraction of sp³-hybridized carbons (Fsp3) is 0.0769. The van der Waals surface area contributed by atoms with Crippen molar-refractivity contribution in [3.63, 3.8) is 0 Å². The summed E-state index contributed by atoms with van der Waals surface area (Å²) >= 11 is 3.21. The number of anilines is 1. The fourth-order valence-corrected chi connectivity index (χ4v) is 1.97. The first-order valence-electron chi connectivity index (χ1n) is 5.76. The minimum atomic E-state index is -3.68. The molecule has 2 heterocycles. The van der Waals surface area contributed by atoms with E-state index in [4.69, 9.17) is 0 Å². The van der Waals surface area contributed by atoms with Gasteiger partial charge in [0.15, 0.2) is 11.5 Å². The lowest BCUT2D eigenvalue weighted by atomic mass is 10.2. The quantitative estimate of drug-likeness (QED) is 0.895. The number of carbonyl (C=O) groups excluding carboxylic acids is 1. The predicted octanol–water partition coefficient (Wildman–Crippen LogP) is 3.42. The highest BCUT2D eigenvalue weighted by atomic mass is 79.9. The van der Waals surface area contributed by atoms with E-state index in [1.807, 2.05) is 0 Å². The molecule has 21 heavy (non-hydrogen) atoms. The average Bonchev–Trinajstić information content (AvgIpc) is 2.72. The number of ether oxygens (including phenoxy) is 2. The van der Waals surface area contributed by atoms with E-state index in [0.29, 0.717) is 5.69 Å². The number of nitrogens with zero attached hydrogens (tertiary/aromatic N) is 1. The van der Waals surface area contributed by atoms with Gasteiger partial charge in [0.05, 0.1) is 0 Å². The number of aromatic nitrogens is 1. The van der Waals surface area contributed by atoms with Crippen LogP contribution in [0.1, 0.15) is 10.5 Å². The van der Waals surface area contributed by atoms with Crippen molar-refractivity contribution in [3.8, 4) is 11.5 Å². The van der Waals surface area contributed by atoms with Gasteiger partial charge in [0.2, 0.25) is 0 Å². The molecule has 1 aliphatic rings. The zero-order valence-corrected chi connectivity index (χ0v) is 11.9. The summed E-state index contributed by atoms with van der Waals surface area (Å²) in [7, 11) is 0. The van der Waals surface area contributed by atoms with Gasteiger partial charge in [-0.2, -0.15) is 0 Å². The van der Waals surface area contributed by atoms with Crippen LogP contribution in [0.5, 0.6) is 11.5 Å². The molecule has 0 fully saturated rings. The van der Waals surface area contributed by atoms with Gasteiger partial charge in [0.25, 0.3) is 5.91 Å². The molecule has 0 saturated carbocycles. The number of pyridine rings is 1. The molecular weight excluding hydrogens is 350 g/mol. The van der Waals surface area contributed by atoms with Crippen molar-refractivity contribution in [2.45, 2.75) is 6.29 Å². The Balaban J connectivity index is 1.77. The first kappa shape index (κ1) is 13.7. The highest BCUT2D eigenvalue weighted by Gasteiger charge is 2.43. The van der Waals surface area contributed by atoms with Gasteiger partial charge in [0.1, 0.15) is 5.69 Å². The van der Waals surface area contributed by atoms with Crippen LogP contribution in [0.25, 0.3) is 0 Å². The summed E-state index contributed by atoms with van der Waals surface area (Å²) < 4.78 is 35.1. The standard InChI is InChI=1S/C13H7BrF2N2O3/c14-7-1-3-9(17-6-7)12(19)18-8-2-4-10-11(5-8)21-13(15,16)20-10/h1-6H,(H,18,19). The van der Waals surface area contributed by atoms with Crippen molar-refractivity contribution in [1.82, 2.24) is 4.98 Å². The van der Waals surface area contributed by atoms with E-state index in [2.05, 4.69) is 35.7 Å². The van der Waals surface area contributed by atoms with Crippen molar-refractivity contribution < 1.29 is 23.0 Å². The Morgan fingerprint density at radius 1 is 1.19 bits per heavy atom. The summed E-state index contributed by atoms with van der Waals surface area (Å²) in [5.74, 6) is -0.686. The first-order valence-corrected chi connectivity index (χ1v) is 6.55. The van der Waals surface area contributed by atoms with E-state index in [9.17, 15) is 13.6 Å². The topological polar surface area (TPSA) is 60.5 Å².